The summed E-state index contributed by atoms with van der Waals surface area (Å²) in [6, 6.07) is 20.5. The number of carboxylic acid groups (broad SMARTS) is 1. The summed E-state index contributed by atoms with van der Waals surface area (Å²) in [6.07, 6.45) is -0.544. The van der Waals surface area contributed by atoms with Gasteiger partial charge in [-0.05, 0) is 76.6 Å². The van der Waals surface area contributed by atoms with Crippen LogP contribution in [0.2, 0.25) is 16.6 Å². The molecule has 3 aliphatic heterocycles. The number of methoxy groups -OCH3 is 1. The van der Waals surface area contributed by atoms with Crippen molar-refractivity contribution in [1.29, 1.82) is 0 Å². The second-order valence-electron chi connectivity index (χ2n) is 16.5. The monoisotopic (exact) mass is 805 g/mol. The maximum atomic E-state index is 13.9. The van der Waals surface area contributed by atoms with E-state index in [2.05, 4.69) is 58.6 Å². The van der Waals surface area contributed by atoms with Gasteiger partial charge in [0.15, 0.2) is 6.61 Å². The summed E-state index contributed by atoms with van der Waals surface area (Å²) < 4.78 is 45.6. The van der Waals surface area contributed by atoms with E-state index < -0.39 is 26.6 Å². The smallest absolute Gasteiger partial charge is 0.407 e. The van der Waals surface area contributed by atoms with Crippen LogP contribution in [0.5, 0.6) is 11.5 Å². The third-order valence-corrected chi connectivity index (χ3v) is 18.1. The highest BCUT2D eigenvalue weighted by Crippen LogP contribution is 2.46. The second kappa shape index (κ2) is 18.6. The molecule has 13 heteroatoms. The third kappa shape index (κ3) is 9.59. The van der Waals surface area contributed by atoms with Gasteiger partial charge in [0.25, 0.3) is 5.91 Å². The first-order valence-electron chi connectivity index (χ1n) is 20.4. The Morgan fingerprint density at radius 3 is 2.33 bits per heavy atom. The van der Waals surface area contributed by atoms with Crippen LogP contribution >= 0.6 is 0 Å². The molecule has 6 rings (SSSR count). The van der Waals surface area contributed by atoms with Crippen LogP contribution in [-0.4, -0.2) is 102 Å². The molecule has 1 N–H and O–H groups in total. The zero-order chi connectivity index (χ0) is 40.9. The normalized spacial score (nSPS) is 21.4. The van der Waals surface area contributed by atoms with Gasteiger partial charge in [-0.1, -0.05) is 65.8 Å². The molecule has 2 saturated heterocycles. The first-order chi connectivity index (χ1) is 27.3. The van der Waals surface area contributed by atoms with Crippen molar-refractivity contribution < 1.29 is 42.5 Å². The zero-order valence-corrected chi connectivity index (χ0v) is 35.5. The highest BCUT2D eigenvalue weighted by molar-refractivity contribution is 6.77. The van der Waals surface area contributed by atoms with E-state index in [4.69, 9.17) is 23.4 Å². The van der Waals surface area contributed by atoms with Crippen molar-refractivity contribution in [3.05, 3.63) is 83.7 Å². The Morgan fingerprint density at radius 1 is 0.947 bits per heavy atom. The van der Waals surface area contributed by atoms with E-state index in [1.54, 1.807) is 24.1 Å². The fraction of sp³-hybridized carbons (Fsp3) is 0.545. The van der Waals surface area contributed by atoms with Crippen LogP contribution in [0.1, 0.15) is 71.4 Å². The van der Waals surface area contributed by atoms with E-state index in [1.807, 2.05) is 36.4 Å². The van der Waals surface area contributed by atoms with E-state index >= 15 is 0 Å². The van der Waals surface area contributed by atoms with E-state index in [1.165, 1.54) is 11.0 Å². The number of carbonyl (C=O) groups is 2. The topological polar surface area (TPSA) is 110 Å². The average molecular weight is 806 g/mol. The highest BCUT2D eigenvalue weighted by atomic mass is 28.4. The SMILES string of the molecule is COCCCN1C(=O)COc2ccc(COC3CN(C(=O)O)CC(O[Si](C(C)C)(C(C)C)C(C)C)C3c3ccc(OC4CCN(c5cccc(F)c5)C4)cc3)cc21. The molecular weight excluding hydrogens is 746 g/mol. The molecular formula is C44H60FN3O8Si. The molecule has 3 aliphatic rings. The van der Waals surface area contributed by atoms with E-state index in [-0.39, 0.29) is 50.0 Å². The fourth-order valence-electron chi connectivity index (χ4n) is 9.34. The summed E-state index contributed by atoms with van der Waals surface area (Å²) in [7, 11) is -0.835. The molecule has 57 heavy (non-hydrogen) atoms. The number of fused-ring (bicyclic) bond motifs is 1. The fourth-order valence-corrected chi connectivity index (χ4v) is 14.9. The number of halogens is 1. The van der Waals surface area contributed by atoms with Gasteiger partial charge in [0.2, 0.25) is 8.32 Å². The summed E-state index contributed by atoms with van der Waals surface area (Å²) in [6.45, 7) is 16.5. The van der Waals surface area contributed by atoms with Gasteiger partial charge in [-0.3, -0.25) is 4.79 Å². The number of anilines is 2. The van der Waals surface area contributed by atoms with Crippen molar-refractivity contribution in [3.8, 4) is 11.5 Å². The summed E-state index contributed by atoms with van der Waals surface area (Å²) in [4.78, 5) is 30.9. The predicted octanol–water partition coefficient (Wildman–Crippen LogP) is 8.47. The van der Waals surface area contributed by atoms with Crippen LogP contribution in [0.4, 0.5) is 20.6 Å². The number of carbonyl (C=O) groups excluding carboxylic acids is 1. The molecule has 3 aromatic rings. The average Bonchev–Trinajstić information content (AvgIpc) is 3.65. The number of ether oxygens (including phenoxy) is 4. The molecule has 3 heterocycles. The van der Waals surface area contributed by atoms with Crippen molar-refractivity contribution in [2.45, 2.75) is 102 Å². The van der Waals surface area contributed by atoms with Crippen LogP contribution < -0.4 is 19.3 Å². The van der Waals surface area contributed by atoms with E-state index in [0.29, 0.717) is 54.2 Å². The number of likely N-dealkylation sites (tertiary alicyclic amines) is 1. The quantitative estimate of drug-likeness (QED) is 0.113. The minimum absolute atomic E-state index is 0.0161. The van der Waals surface area contributed by atoms with Crippen molar-refractivity contribution >= 4 is 31.7 Å². The Bertz CT molecular complexity index is 1810. The van der Waals surface area contributed by atoms with E-state index in [0.717, 1.165) is 35.5 Å². The van der Waals surface area contributed by atoms with Gasteiger partial charge in [-0.2, -0.15) is 0 Å². The predicted molar refractivity (Wildman–Crippen MR) is 222 cm³/mol. The Morgan fingerprint density at radius 2 is 1.67 bits per heavy atom. The van der Waals surface area contributed by atoms with Crippen molar-refractivity contribution in [2.75, 3.05) is 62.8 Å². The van der Waals surface area contributed by atoms with Gasteiger partial charge < -0.3 is 43.2 Å². The Hall–Kier alpha value is -4.17. The first-order valence-corrected chi connectivity index (χ1v) is 22.5. The summed E-state index contributed by atoms with van der Waals surface area (Å²) in [5.74, 6) is 0.726. The summed E-state index contributed by atoms with van der Waals surface area (Å²) >= 11 is 0. The number of hydrogen-bond donors (Lipinski definition) is 1. The first kappa shape index (κ1) is 42.4. The molecule has 4 unspecified atom stereocenters. The van der Waals surface area contributed by atoms with Crippen molar-refractivity contribution in [2.24, 2.45) is 0 Å². The van der Waals surface area contributed by atoms with Gasteiger partial charge in [-0.15, -0.1) is 0 Å². The maximum absolute atomic E-state index is 13.9. The molecule has 0 aliphatic carbocycles. The Balaban J connectivity index is 1.28. The van der Waals surface area contributed by atoms with Gasteiger partial charge in [0, 0.05) is 51.4 Å². The van der Waals surface area contributed by atoms with Gasteiger partial charge in [0.05, 0.1) is 37.6 Å². The largest absolute Gasteiger partial charge is 0.489 e. The van der Waals surface area contributed by atoms with Crippen LogP contribution in [-0.2, 0) is 25.3 Å². The molecule has 0 spiro atoms. The van der Waals surface area contributed by atoms with Crippen molar-refractivity contribution in [1.82, 2.24) is 4.90 Å². The number of nitrogens with zero attached hydrogens (tertiary/aromatic N) is 3. The third-order valence-electron chi connectivity index (χ3n) is 12.0. The summed E-state index contributed by atoms with van der Waals surface area (Å²) in [5, 5.41) is 10.4. The van der Waals surface area contributed by atoms with Crippen LogP contribution in [0.25, 0.3) is 0 Å². The molecule has 2 fully saturated rings. The molecule has 0 saturated carbocycles. The molecule has 310 valence electrons. The van der Waals surface area contributed by atoms with Gasteiger partial charge in [-0.25, -0.2) is 9.18 Å². The Kier molecular flexibility index (Phi) is 13.9. The number of piperidine rings is 1. The zero-order valence-electron chi connectivity index (χ0n) is 34.5. The molecule has 4 atom stereocenters. The molecule has 0 aromatic heterocycles. The van der Waals surface area contributed by atoms with Crippen LogP contribution in [0.15, 0.2) is 66.7 Å². The molecule has 3 aromatic carbocycles. The van der Waals surface area contributed by atoms with E-state index in [9.17, 15) is 19.1 Å². The number of benzene rings is 3. The van der Waals surface area contributed by atoms with Crippen LogP contribution in [0.3, 0.4) is 0 Å². The lowest BCUT2D eigenvalue weighted by molar-refractivity contribution is -0.121. The van der Waals surface area contributed by atoms with Crippen LogP contribution in [0, 0.1) is 5.82 Å². The Labute approximate surface area is 338 Å². The number of hydrogen-bond acceptors (Lipinski definition) is 8. The van der Waals surface area contributed by atoms with Crippen molar-refractivity contribution in [3.63, 3.8) is 0 Å². The lowest BCUT2D eigenvalue weighted by atomic mass is 9.84. The van der Waals surface area contributed by atoms with Gasteiger partial charge >= 0.3 is 6.09 Å². The molecule has 2 amide bonds. The number of rotatable bonds is 16. The lowest BCUT2D eigenvalue weighted by Crippen LogP contribution is -2.59. The highest BCUT2D eigenvalue weighted by Gasteiger charge is 2.51. The summed E-state index contributed by atoms with van der Waals surface area (Å²) in [5.41, 5.74) is 4.24. The second-order valence-corrected chi connectivity index (χ2v) is 21.9. The minimum atomic E-state index is -2.48. The minimum Gasteiger partial charge on any atom is -0.489 e. The molecule has 0 bridgehead atoms. The maximum Gasteiger partial charge on any atom is 0.407 e. The molecule has 11 nitrogen and oxygen atoms in total. The standard InChI is InChI=1S/C44H60FN3O8Si/c1-29(2)57(30(3)4,31(5)6)56-41-26-47(44(50)51)25-40(53-27-32-12-17-39-38(22-32)48(19-9-21-52-7)42(49)28-54-39)43(41)33-13-15-36(16-14-33)55-37-18-20-46(24-37)35-11-8-10-34(45)23-35/h8,10-17,22-23,29-31,37,40-41,43H,9,18-21,24-28H2,1-7H3,(H,50,51). The number of amides is 2. The van der Waals surface area contributed by atoms with Gasteiger partial charge in [0.1, 0.15) is 23.4 Å². The lowest BCUT2D eigenvalue weighted by Gasteiger charge is -2.50. The molecule has 0 radical (unpaired) electrons.